The van der Waals surface area contributed by atoms with Gasteiger partial charge in [-0.05, 0) is 140 Å². The molecule has 2 aromatic heterocycles. The number of thiophene rings is 1. The molecule has 0 aliphatic rings. The highest BCUT2D eigenvalue weighted by molar-refractivity contribution is 7.22. The summed E-state index contributed by atoms with van der Waals surface area (Å²) in [5, 5.41) is 3.66. The molecule has 9 aromatic carbocycles. The second kappa shape index (κ2) is 16.4. The second-order valence-corrected chi connectivity index (χ2v) is 17.3. The van der Waals surface area contributed by atoms with Crippen molar-refractivity contribution >= 4 is 60.4 Å². The Hall–Kier alpha value is -7.46. The average molecular weight is 828 g/mol. The molecule has 11 rings (SSSR count). The molecular formula is C60H45NOS. The van der Waals surface area contributed by atoms with Crippen LogP contribution in [0.3, 0.4) is 0 Å². The van der Waals surface area contributed by atoms with E-state index >= 15 is 0 Å². The minimum atomic E-state index is 0.908. The zero-order valence-corrected chi connectivity index (χ0v) is 36.2. The summed E-state index contributed by atoms with van der Waals surface area (Å²) in [6.07, 6.45) is 2.00. The van der Waals surface area contributed by atoms with Gasteiger partial charge in [0.15, 0.2) is 0 Å². The van der Waals surface area contributed by atoms with Gasteiger partial charge in [0.2, 0.25) is 0 Å². The summed E-state index contributed by atoms with van der Waals surface area (Å²) in [5.41, 5.74) is 18.9. The van der Waals surface area contributed by atoms with Crippen LogP contribution in [0.2, 0.25) is 0 Å². The smallest absolute Gasteiger partial charge is 0.135 e. The average Bonchev–Trinajstić information content (AvgIpc) is 3.93. The lowest BCUT2D eigenvalue weighted by Crippen LogP contribution is -2.09. The van der Waals surface area contributed by atoms with Gasteiger partial charge in [-0.3, -0.25) is 0 Å². The minimum absolute atomic E-state index is 0.908. The number of hydrogen-bond donors (Lipinski definition) is 0. The molecule has 2 nitrogen and oxygen atoms in total. The number of aryl methyl sites for hydroxylation is 2. The molecule has 3 heteroatoms. The van der Waals surface area contributed by atoms with Crippen LogP contribution in [-0.2, 0) is 12.8 Å². The van der Waals surface area contributed by atoms with E-state index < -0.39 is 0 Å². The number of furan rings is 1. The summed E-state index contributed by atoms with van der Waals surface area (Å²) >= 11 is 1.92. The topological polar surface area (TPSA) is 16.4 Å². The first kappa shape index (κ1) is 38.5. The Kier molecular flexibility index (Phi) is 10.0. The van der Waals surface area contributed by atoms with Crippen LogP contribution in [0.4, 0.5) is 17.1 Å². The van der Waals surface area contributed by atoms with Crippen LogP contribution in [0.5, 0.6) is 0 Å². The highest BCUT2D eigenvalue weighted by Crippen LogP contribution is 2.43. The van der Waals surface area contributed by atoms with Gasteiger partial charge in [-0.25, -0.2) is 0 Å². The molecule has 0 spiro atoms. The summed E-state index contributed by atoms with van der Waals surface area (Å²) in [5.74, 6) is 0. The minimum Gasteiger partial charge on any atom is -0.456 e. The fraction of sp³-hybridized carbons (Fsp3) is 0.0667. The van der Waals surface area contributed by atoms with Crippen molar-refractivity contribution in [1.82, 2.24) is 0 Å². The predicted molar refractivity (Wildman–Crippen MR) is 270 cm³/mol. The number of hydrogen-bond acceptors (Lipinski definition) is 3. The molecule has 11 aromatic rings. The number of anilines is 3. The van der Waals surface area contributed by atoms with E-state index in [2.05, 4.69) is 219 Å². The van der Waals surface area contributed by atoms with Crippen molar-refractivity contribution in [1.29, 1.82) is 0 Å². The molecule has 0 unspecified atom stereocenters. The quantitative estimate of drug-likeness (QED) is 0.137. The summed E-state index contributed by atoms with van der Waals surface area (Å²) in [4.78, 5) is 3.77. The largest absolute Gasteiger partial charge is 0.456 e. The number of benzene rings is 9. The van der Waals surface area contributed by atoms with Crippen molar-refractivity contribution < 1.29 is 4.42 Å². The van der Waals surface area contributed by atoms with E-state index in [9.17, 15) is 0 Å². The van der Waals surface area contributed by atoms with Gasteiger partial charge in [0.1, 0.15) is 11.2 Å². The maximum atomic E-state index is 6.14. The maximum Gasteiger partial charge on any atom is 0.135 e. The van der Waals surface area contributed by atoms with Crippen molar-refractivity contribution in [2.45, 2.75) is 26.7 Å². The van der Waals surface area contributed by atoms with Gasteiger partial charge < -0.3 is 9.32 Å². The van der Waals surface area contributed by atoms with Crippen molar-refractivity contribution in [3.63, 3.8) is 0 Å². The molecule has 0 aliphatic carbocycles. The van der Waals surface area contributed by atoms with Crippen molar-refractivity contribution in [3.8, 4) is 54.9 Å². The van der Waals surface area contributed by atoms with Crippen molar-refractivity contribution in [2.24, 2.45) is 0 Å². The van der Waals surface area contributed by atoms with E-state index in [0.29, 0.717) is 0 Å². The Morgan fingerprint density at radius 3 is 1.44 bits per heavy atom. The Balaban J connectivity index is 0.934. The van der Waals surface area contributed by atoms with Crippen LogP contribution < -0.4 is 4.90 Å². The first-order valence-electron chi connectivity index (χ1n) is 21.9. The van der Waals surface area contributed by atoms with E-state index in [0.717, 1.165) is 63.0 Å². The summed E-state index contributed by atoms with van der Waals surface area (Å²) in [6.45, 7) is 4.55. The molecule has 302 valence electrons. The lowest BCUT2D eigenvalue weighted by molar-refractivity contribution is 0.669. The number of nitrogens with zero attached hydrogens (tertiary/aromatic N) is 1. The molecule has 0 saturated heterocycles. The zero-order chi connectivity index (χ0) is 42.3. The predicted octanol–water partition coefficient (Wildman–Crippen LogP) is 17.7. The maximum absolute atomic E-state index is 6.14. The third-order valence-electron chi connectivity index (χ3n) is 12.5. The first-order valence-corrected chi connectivity index (χ1v) is 22.8. The van der Waals surface area contributed by atoms with E-state index in [-0.39, 0.29) is 0 Å². The van der Waals surface area contributed by atoms with Gasteiger partial charge in [-0.15, -0.1) is 11.3 Å². The van der Waals surface area contributed by atoms with Gasteiger partial charge in [0, 0.05) is 37.4 Å². The molecule has 0 bridgehead atoms. The van der Waals surface area contributed by atoms with Crippen LogP contribution in [-0.4, -0.2) is 0 Å². The van der Waals surface area contributed by atoms with Crippen LogP contribution in [0.15, 0.2) is 217 Å². The van der Waals surface area contributed by atoms with Crippen LogP contribution in [0, 0.1) is 0 Å². The van der Waals surface area contributed by atoms with Gasteiger partial charge in [-0.1, -0.05) is 166 Å². The molecular weight excluding hydrogens is 783 g/mol. The van der Waals surface area contributed by atoms with Crippen molar-refractivity contribution in [2.75, 3.05) is 4.90 Å². The number of para-hydroxylation sites is 1. The van der Waals surface area contributed by atoms with Crippen LogP contribution >= 0.6 is 11.3 Å². The lowest BCUT2D eigenvalue weighted by Gasteiger charge is -2.26. The molecule has 0 fully saturated rings. The molecule has 0 amide bonds. The first-order chi connectivity index (χ1) is 31.1. The molecule has 0 aliphatic heterocycles. The normalized spacial score (nSPS) is 11.5. The second-order valence-electron chi connectivity index (χ2n) is 16.2. The van der Waals surface area contributed by atoms with Crippen molar-refractivity contribution in [3.05, 3.63) is 223 Å². The van der Waals surface area contributed by atoms with Gasteiger partial charge >= 0.3 is 0 Å². The molecule has 0 atom stereocenters. The fourth-order valence-corrected chi connectivity index (χ4v) is 10.6. The summed E-state index contributed by atoms with van der Waals surface area (Å²) < 4.78 is 7.50. The van der Waals surface area contributed by atoms with Crippen LogP contribution in [0.25, 0.3) is 87.0 Å². The van der Waals surface area contributed by atoms with E-state index in [1.54, 1.807) is 0 Å². The van der Waals surface area contributed by atoms with Gasteiger partial charge in [0.05, 0.1) is 0 Å². The van der Waals surface area contributed by atoms with E-state index in [1.807, 2.05) is 23.5 Å². The summed E-state index contributed by atoms with van der Waals surface area (Å²) in [6, 6.07) is 77.0. The molecule has 63 heavy (non-hydrogen) atoms. The summed E-state index contributed by atoms with van der Waals surface area (Å²) in [7, 11) is 0. The molecule has 0 N–H and O–H groups in total. The number of rotatable bonds is 10. The SMILES string of the molecule is CCc1cc(-c2ccc(N(c3ccc(-c4ccc(-c5ccccc5)cc4)cc3)c3ccc(-c4ccc5oc6ccccc6c5c4)cc3)cc2)ccc1-c1sc2ccccc2c1CC. The lowest BCUT2D eigenvalue weighted by atomic mass is 9.94. The highest BCUT2D eigenvalue weighted by Gasteiger charge is 2.18. The third kappa shape index (κ3) is 7.21. The van der Waals surface area contributed by atoms with Gasteiger partial charge in [-0.2, -0.15) is 0 Å². The Labute approximate surface area is 373 Å². The zero-order valence-electron chi connectivity index (χ0n) is 35.4. The highest BCUT2D eigenvalue weighted by atomic mass is 32.1. The Bertz CT molecular complexity index is 3380. The number of fused-ring (bicyclic) bond motifs is 4. The molecule has 0 saturated carbocycles. The third-order valence-corrected chi connectivity index (χ3v) is 13.8. The van der Waals surface area contributed by atoms with E-state index in [4.69, 9.17) is 4.42 Å². The standard InChI is InChI=1S/C60H45NOS/c1-3-40-38-47(28-36-53(40)60-52(4-2)55-15-9-11-17-59(55)63-60)45-24-32-50(33-25-45)61(49-30-22-44(23-31-49)43-20-18-42(19-21-43)41-12-6-5-7-13-41)51-34-26-46(27-35-51)48-29-37-58-56(39-48)54-14-8-10-16-57(54)62-58/h5-39H,3-4H2,1-2H3. The fourth-order valence-electron chi connectivity index (χ4n) is 9.20. The monoisotopic (exact) mass is 827 g/mol. The molecule has 0 radical (unpaired) electrons. The van der Waals surface area contributed by atoms with Crippen LogP contribution in [0.1, 0.15) is 25.0 Å². The molecule has 2 heterocycles. The van der Waals surface area contributed by atoms with E-state index in [1.165, 1.54) is 65.0 Å². The van der Waals surface area contributed by atoms with Gasteiger partial charge in [0.25, 0.3) is 0 Å². The Morgan fingerprint density at radius 2 is 0.841 bits per heavy atom. The Morgan fingerprint density at radius 1 is 0.381 bits per heavy atom.